The van der Waals surface area contributed by atoms with Gasteiger partial charge < -0.3 is 10.2 Å². The summed E-state index contributed by atoms with van der Waals surface area (Å²) in [6, 6.07) is 4.30. The van der Waals surface area contributed by atoms with Crippen molar-refractivity contribution in [3.8, 4) is 0 Å². The van der Waals surface area contributed by atoms with E-state index in [-0.39, 0.29) is 17.9 Å². The monoisotopic (exact) mass is 334 g/mol. The molecule has 0 spiro atoms. The average molecular weight is 334 g/mol. The van der Waals surface area contributed by atoms with Gasteiger partial charge in [-0.2, -0.15) is 0 Å². The van der Waals surface area contributed by atoms with Crippen molar-refractivity contribution in [2.24, 2.45) is 0 Å². The maximum atomic E-state index is 12.9. The number of amides is 2. The summed E-state index contributed by atoms with van der Waals surface area (Å²) in [4.78, 5) is 28.2. The number of hydrogen-bond donors (Lipinski definition) is 1. The number of nitrogens with one attached hydrogen (secondary N) is 1. The molecular formula is C18H26N2O2S. The predicted octanol–water partition coefficient (Wildman–Crippen LogP) is 3.47. The second-order valence-corrected chi connectivity index (χ2v) is 8.03. The van der Waals surface area contributed by atoms with E-state index in [4.69, 9.17) is 0 Å². The van der Waals surface area contributed by atoms with Gasteiger partial charge >= 0.3 is 0 Å². The Kier molecular flexibility index (Phi) is 5.05. The molecule has 126 valence electrons. The van der Waals surface area contributed by atoms with Crippen molar-refractivity contribution in [1.29, 1.82) is 0 Å². The highest BCUT2D eigenvalue weighted by molar-refractivity contribution is 7.09. The maximum Gasteiger partial charge on any atom is 0.245 e. The molecule has 2 fully saturated rings. The van der Waals surface area contributed by atoms with Gasteiger partial charge in [-0.3, -0.25) is 9.59 Å². The fourth-order valence-electron chi connectivity index (χ4n) is 3.72. The Balaban J connectivity index is 1.69. The summed E-state index contributed by atoms with van der Waals surface area (Å²) in [5, 5.41) is 5.25. The van der Waals surface area contributed by atoms with Gasteiger partial charge in [0.25, 0.3) is 0 Å². The van der Waals surface area contributed by atoms with Crippen LogP contribution in [0.1, 0.15) is 63.2 Å². The second-order valence-electron chi connectivity index (χ2n) is 7.00. The molecule has 23 heavy (non-hydrogen) atoms. The Bertz CT molecular complexity index is 549. The van der Waals surface area contributed by atoms with E-state index in [9.17, 15) is 9.59 Å². The van der Waals surface area contributed by atoms with Gasteiger partial charge in [-0.1, -0.05) is 31.7 Å². The van der Waals surface area contributed by atoms with Crippen LogP contribution >= 0.6 is 11.3 Å². The molecule has 2 heterocycles. The average Bonchev–Trinajstić information content (AvgIpc) is 3.05. The Morgan fingerprint density at radius 1 is 1.35 bits per heavy atom. The first-order valence-corrected chi connectivity index (χ1v) is 9.61. The summed E-state index contributed by atoms with van der Waals surface area (Å²) in [5.74, 6) is 0.128. The van der Waals surface area contributed by atoms with Crippen LogP contribution in [0.15, 0.2) is 17.5 Å². The van der Waals surface area contributed by atoms with Gasteiger partial charge in [0.15, 0.2) is 0 Å². The first-order chi connectivity index (χ1) is 11.1. The van der Waals surface area contributed by atoms with Crippen LogP contribution < -0.4 is 5.32 Å². The third-order valence-corrected chi connectivity index (χ3v) is 6.16. The largest absolute Gasteiger partial charge is 0.351 e. The first-order valence-electron chi connectivity index (χ1n) is 8.73. The highest BCUT2D eigenvalue weighted by Crippen LogP contribution is 2.33. The molecule has 0 bridgehead atoms. The fourth-order valence-corrected chi connectivity index (χ4v) is 4.41. The summed E-state index contributed by atoms with van der Waals surface area (Å²) in [5.41, 5.74) is -0.701. The molecule has 4 nitrogen and oxygen atoms in total. The van der Waals surface area contributed by atoms with Gasteiger partial charge in [-0.25, -0.2) is 0 Å². The van der Waals surface area contributed by atoms with E-state index < -0.39 is 5.54 Å². The first kappa shape index (κ1) is 16.5. The number of carbonyl (C=O) groups excluding carboxylic acids is 2. The minimum Gasteiger partial charge on any atom is -0.351 e. The summed E-state index contributed by atoms with van der Waals surface area (Å²) >= 11 is 1.64. The van der Waals surface area contributed by atoms with Crippen molar-refractivity contribution < 1.29 is 9.59 Å². The van der Waals surface area contributed by atoms with Crippen LogP contribution in [0.3, 0.4) is 0 Å². The third kappa shape index (κ3) is 3.60. The number of hydrogen-bond acceptors (Lipinski definition) is 3. The van der Waals surface area contributed by atoms with Crippen LogP contribution in [-0.4, -0.2) is 28.3 Å². The molecule has 1 atom stereocenters. The van der Waals surface area contributed by atoms with Crippen LogP contribution in [0.5, 0.6) is 0 Å². The summed E-state index contributed by atoms with van der Waals surface area (Å²) in [6.45, 7) is 2.47. The van der Waals surface area contributed by atoms with E-state index in [0.29, 0.717) is 19.4 Å². The Labute approximate surface area is 142 Å². The van der Waals surface area contributed by atoms with Crippen LogP contribution in [0.4, 0.5) is 0 Å². The lowest BCUT2D eigenvalue weighted by atomic mass is 9.96. The molecule has 1 aliphatic carbocycles. The highest BCUT2D eigenvalue weighted by atomic mass is 32.1. The van der Waals surface area contributed by atoms with Crippen molar-refractivity contribution >= 4 is 23.2 Å². The lowest BCUT2D eigenvalue weighted by Crippen LogP contribution is -2.56. The number of nitrogens with zero attached hydrogens (tertiary/aromatic N) is 1. The molecule has 2 amide bonds. The van der Waals surface area contributed by atoms with Gasteiger partial charge in [-0.05, 0) is 37.6 Å². The van der Waals surface area contributed by atoms with Crippen molar-refractivity contribution in [1.82, 2.24) is 10.2 Å². The number of carbonyl (C=O) groups is 2. The van der Waals surface area contributed by atoms with Crippen LogP contribution in [0.25, 0.3) is 0 Å². The van der Waals surface area contributed by atoms with E-state index >= 15 is 0 Å². The quantitative estimate of drug-likeness (QED) is 0.857. The van der Waals surface area contributed by atoms with Crippen LogP contribution in [0, 0.1) is 0 Å². The minimum atomic E-state index is -0.701. The number of likely N-dealkylation sites (tertiary alicyclic amines) is 1. The Morgan fingerprint density at radius 2 is 2.09 bits per heavy atom. The SMILES string of the molecule is CC1(C(=O)NC2CCCCCC2)CCC(=O)N1Cc1cccs1. The molecule has 1 aliphatic heterocycles. The second kappa shape index (κ2) is 7.04. The molecule has 1 saturated heterocycles. The maximum absolute atomic E-state index is 12.9. The third-order valence-electron chi connectivity index (χ3n) is 5.30. The topological polar surface area (TPSA) is 49.4 Å². The molecule has 1 aromatic rings. The van der Waals surface area contributed by atoms with Gasteiger partial charge in [0.05, 0.1) is 6.54 Å². The molecule has 1 saturated carbocycles. The molecule has 1 aromatic heterocycles. The molecule has 5 heteroatoms. The molecule has 1 unspecified atom stereocenters. The zero-order chi connectivity index (χ0) is 16.3. The van der Waals surface area contributed by atoms with Gasteiger partial charge in [0.1, 0.15) is 5.54 Å². The highest BCUT2D eigenvalue weighted by Gasteiger charge is 2.47. The van der Waals surface area contributed by atoms with Crippen molar-refractivity contribution in [2.45, 2.75) is 76.4 Å². The smallest absolute Gasteiger partial charge is 0.245 e. The standard InChI is InChI=1S/C18H26N2O2S/c1-18(17(22)19-14-7-4-2-3-5-8-14)11-10-16(21)20(18)13-15-9-6-12-23-15/h6,9,12,14H,2-5,7-8,10-11,13H2,1H3,(H,19,22). The minimum absolute atomic E-state index is 0.0341. The van der Waals surface area contributed by atoms with Crippen LogP contribution in [-0.2, 0) is 16.1 Å². The van der Waals surface area contributed by atoms with Crippen molar-refractivity contribution in [3.63, 3.8) is 0 Å². The zero-order valence-electron chi connectivity index (χ0n) is 13.8. The van der Waals surface area contributed by atoms with E-state index in [1.807, 2.05) is 24.4 Å². The van der Waals surface area contributed by atoms with Crippen molar-refractivity contribution in [3.05, 3.63) is 22.4 Å². The Hall–Kier alpha value is -1.36. The zero-order valence-corrected chi connectivity index (χ0v) is 14.7. The van der Waals surface area contributed by atoms with E-state index in [1.54, 1.807) is 16.2 Å². The summed E-state index contributed by atoms with van der Waals surface area (Å²) in [7, 11) is 0. The Morgan fingerprint density at radius 3 is 2.74 bits per heavy atom. The molecule has 0 radical (unpaired) electrons. The van der Waals surface area contributed by atoms with Gasteiger partial charge in [0.2, 0.25) is 11.8 Å². The van der Waals surface area contributed by atoms with Gasteiger partial charge in [0, 0.05) is 17.3 Å². The lowest BCUT2D eigenvalue weighted by molar-refractivity contribution is -0.141. The lowest BCUT2D eigenvalue weighted by Gasteiger charge is -2.35. The van der Waals surface area contributed by atoms with Gasteiger partial charge in [-0.15, -0.1) is 11.3 Å². The van der Waals surface area contributed by atoms with Crippen LogP contribution in [0.2, 0.25) is 0 Å². The summed E-state index contributed by atoms with van der Waals surface area (Å²) < 4.78 is 0. The van der Waals surface area contributed by atoms with E-state index in [1.165, 1.54) is 25.7 Å². The van der Waals surface area contributed by atoms with Crippen molar-refractivity contribution in [2.75, 3.05) is 0 Å². The number of rotatable bonds is 4. The van der Waals surface area contributed by atoms with E-state index in [2.05, 4.69) is 5.32 Å². The van der Waals surface area contributed by atoms with E-state index in [0.717, 1.165) is 17.7 Å². The molecule has 2 aliphatic rings. The molecule has 0 aromatic carbocycles. The number of thiophene rings is 1. The normalized spacial score (nSPS) is 26.3. The summed E-state index contributed by atoms with van der Waals surface area (Å²) in [6.07, 6.45) is 8.16. The molecule has 3 rings (SSSR count). The molecule has 1 N–H and O–H groups in total. The molecular weight excluding hydrogens is 308 g/mol. The predicted molar refractivity (Wildman–Crippen MR) is 92.1 cm³/mol. The fraction of sp³-hybridized carbons (Fsp3) is 0.667.